The molecule has 1 aliphatic rings. The van der Waals surface area contributed by atoms with Crippen molar-refractivity contribution in [2.24, 2.45) is 0 Å². The van der Waals surface area contributed by atoms with Crippen molar-refractivity contribution in [1.82, 2.24) is 9.88 Å². The van der Waals surface area contributed by atoms with Crippen LogP contribution in [0.4, 0.5) is 13.2 Å². The molecular weight excluding hydrogens is 345 g/mol. The predicted molar refractivity (Wildman–Crippen MR) is 91.4 cm³/mol. The maximum absolute atomic E-state index is 12.6. The summed E-state index contributed by atoms with van der Waals surface area (Å²) in [5, 5.41) is 0. The Labute approximate surface area is 150 Å². The first-order chi connectivity index (χ1) is 12.5. The van der Waals surface area contributed by atoms with E-state index in [-0.39, 0.29) is 5.88 Å². The van der Waals surface area contributed by atoms with E-state index in [0.717, 1.165) is 37.5 Å². The van der Waals surface area contributed by atoms with E-state index in [1.807, 2.05) is 19.1 Å². The van der Waals surface area contributed by atoms with Gasteiger partial charge in [-0.2, -0.15) is 13.2 Å². The minimum atomic E-state index is -4.42. The van der Waals surface area contributed by atoms with Crippen LogP contribution in [0.5, 0.6) is 17.4 Å². The van der Waals surface area contributed by atoms with Crippen LogP contribution in [0.15, 0.2) is 36.5 Å². The minimum absolute atomic E-state index is 0.0891. The van der Waals surface area contributed by atoms with E-state index in [2.05, 4.69) is 9.88 Å². The summed E-state index contributed by atoms with van der Waals surface area (Å²) in [7, 11) is 0. The zero-order chi connectivity index (χ0) is 18.6. The topological polar surface area (TPSA) is 34.6 Å². The number of rotatable bonds is 6. The number of aromatic nitrogens is 1. The van der Waals surface area contributed by atoms with Crippen LogP contribution in [0.25, 0.3) is 0 Å². The number of hydrogen-bond donors (Lipinski definition) is 0. The second-order valence-electron chi connectivity index (χ2n) is 6.18. The summed E-state index contributed by atoms with van der Waals surface area (Å²) >= 11 is 0. The van der Waals surface area contributed by atoms with Crippen LogP contribution < -0.4 is 9.47 Å². The number of nitrogens with zero attached hydrogens (tertiary/aromatic N) is 2. The highest BCUT2D eigenvalue weighted by molar-refractivity contribution is 5.45. The fraction of sp³-hybridized carbons (Fsp3) is 0.421. The molecule has 0 saturated carbocycles. The third-order valence-electron chi connectivity index (χ3n) is 4.19. The Balaban J connectivity index is 1.75. The van der Waals surface area contributed by atoms with Crippen LogP contribution in [0, 0.1) is 0 Å². The molecule has 26 heavy (non-hydrogen) atoms. The quantitative estimate of drug-likeness (QED) is 0.729. The van der Waals surface area contributed by atoms with Crippen molar-refractivity contribution in [2.45, 2.75) is 32.5 Å². The van der Waals surface area contributed by atoms with Gasteiger partial charge < -0.3 is 9.47 Å². The van der Waals surface area contributed by atoms with Crippen molar-refractivity contribution >= 4 is 0 Å². The second kappa shape index (κ2) is 7.95. The summed E-state index contributed by atoms with van der Waals surface area (Å²) in [5.74, 6) is 1.08. The highest BCUT2D eigenvalue weighted by Crippen LogP contribution is 2.34. The number of alkyl halides is 3. The molecule has 1 saturated heterocycles. The molecule has 1 fully saturated rings. The Bertz CT molecular complexity index is 727. The number of benzene rings is 1. The summed E-state index contributed by atoms with van der Waals surface area (Å²) in [6.45, 7) is 5.37. The lowest BCUT2D eigenvalue weighted by Gasteiger charge is -2.17. The molecule has 0 atom stereocenters. The van der Waals surface area contributed by atoms with Gasteiger partial charge in [0.05, 0.1) is 12.2 Å². The standard InChI is InChI=1S/C19H21F3N2O2/c1-2-25-17-11-14(13-24-9-3-4-10-24)5-7-16(17)26-18-8-6-15(12-23-18)19(20,21)22/h5-8,11-12H,2-4,9-10,13H2,1H3. The van der Waals surface area contributed by atoms with Gasteiger partial charge in [-0.25, -0.2) is 4.98 Å². The Hall–Kier alpha value is -2.28. The number of hydrogen-bond acceptors (Lipinski definition) is 4. The van der Waals surface area contributed by atoms with Gasteiger partial charge in [-0.15, -0.1) is 0 Å². The molecule has 0 unspecified atom stereocenters. The van der Waals surface area contributed by atoms with Crippen LogP contribution in [0.2, 0.25) is 0 Å². The molecule has 140 valence electrons. The Morgan fingerprint density at radius 2 is 1.85 bits per heavy atom. The number of ether oxygens (including phenoxy) is 2. The molecule has 0 aliphatic carbocycles. The fourth-order valence-electron chi connectivity index (χ4n) is 2.92. The summed E-state index contributed by atoms with van der Waals surface area (Å²) in [4.78, 5) is 6.12. The van der Waals surface area contributed by atoms with Gasteiger partial charge in [0, 0.05) is 18.8 Å². The lowest BCUT2D eigenvalue weighted by Crippen LogP contribution is -2.18. The summed E-state index contributed by atoms with van der Waals surface area (Å²) in [6, 6.07) is 7.79. The van der Waals surface area contributed by atoms with E-state index < -0.39 is 11.7 Å². The van der Waals surface area contributed by atoms with Gasteiger partial charge in [0.1, 0.15) is 0 Å². The first-order valence-corrected chi connectivity index (χ1v) is 8.65. The van der Waals surface area contributed by atoms with E-state index >= 15 is 0 Å². The molecule has 2 heterocycles. The molecule has 1 aromatic heterocycles. The smallest absolute Gasteiger partial charge is 0.417 e. The lowest BCUT2D eigenvalue weighted by atomic mass is 10.2. The minimum Gasteiger partial charge on any atom is -0.490 e. The average Bonchev–Trinajstić information content (AvgIpc) is 3.10. The van der Waals surface area contributed by atoms with Gasteiger partial charge >= 0.3 is 6.18 Å². The van der Waals surface area contributed by atoms with Crippen LogP contribution in [0.1, 0.15) is 30.9 Å². The predicted octanol–water partition coefficient (Wildman–Crippen LogP) is 4.89. The second-order valence-corrected chi connectivity index (χ2v) is 6.18. The normalized spacial score (nSPS) is 15.2. The third-order valence-corrected chi connectivity index (χ3v) is 4.19. The first kappa shape index (κ1) is 18.5. The van der Waals surface area contributed by atoms with Crippen LogP contribution in [-0.2, 0) is 12.7 Å². The van der Waals surface area contributed by atoms with E-state index in [9.17, 15) is 13.2 Å². The van der Waals surface area contributed by atoms with Crippen molar-refractivity contribution < 1.29 is 22.6 Å². The van der Waals surface area contributed by atoms with Crippen molar-refractivity contribution in [3.05, 3.63) is 47.7 Å². The highest BCUT2D eigenvalue weighted by Gasteiger charge is 2.30. The SMILES string of the molecule is CCOc1cc(CN2CCCC2)ccc1Oc1ccc(C(F)(F)F)cn1. The Kier molecular flexibility index (Phi) is 5.66. The van der Waals surface area contributed by atoms with E-state index in [1.165, 1.54) is 18.9 Å². The zero-order valence-corrected chi connectivity index (χ0v) is 14.6. The average molecular weight is 366 g/mol. The van der Waals surface area contributed by atoms with Crippen LogP contribution in [0.3, 0.4) is 0 Å². The molecule has 7 heteroatoms. The summed E-state index contributed by atoms with van der Waals surface area (Å²) < 4.78 is 49.1. The van der Waals surface area contributed by atoms with E-state index in [4.69, 9.17) is 9.47 Å². The fourth-order valence-corrected chi connectivity index (χ4v) is 2.92. The van der Waals surface area contributed by atoms with Gasteiger partial charge in [0.2, 0.25) is 5.88 Å². The largest absolute Gasteiger partial charge is 0.490 e. The van der Waals surface area contributed by atoms with Crippen molar-refractivity contribution in [1.29, 1.82) is 0 Å². The summed E-state index contributed by atoms with van der Waals surface area (Å²) in [6.07, 6.45) is -1.21. The molecule has 4 nitrogen and oxygen atoms in total. The molecule has 0 amide bonds. The third kappa shape index (κ3) is 4.66. The monoisotopic (exact) mass is 366 g/mol. The number of pyridine rings is 1. The maximum atomic E-state index is 12.6. The van der Waals surface area contributed by atoms with Crippen molar-refractivity contribution in [2.75, 3.05) is 19.7 Å². The van der Waals surface area contributed by atoms with Gasteiger partial charge in [0.25, 0.3) is 0 Å². The van der Waals surface area contributed by atoms with E-state index in [0.29, 0.717) is 18.1 Å². The molecule has 1 aromatic carbocycles. The molecule has 0 N–H and O–H groups in total. The van der Waals surface area contributed by atoms with Gasteiger partial charge in [-0.1, -0.05) is 6.07 Å². The highest BCUT2D eigenvalue weighted by atomic mass is 19.4. The summed E-state index contributed by atoms with van der Waals surface area (Å²) in [5.41, 5.74) is 0.305. The first-order valence-electron chi connectivity index (χ1n) is 8.65. The molecular formula is C19H21F3N2O2. The molecule has 1 aliphatic heterocycles. The molecule has 0 spiro atoms. The van der Waals surface area contributed by atoms with Crippen LogP contribution >= 0.6 is 0 Å². The van der Waals surface area contributed by atoms with Crippen molar-refractivity contribution in [3.8, 4) is 17.4 Å². The molecule has 2 aromatic rings. The lowest BCUT2D eigenvalue weighted by molar-refractivity contribution is -0.137. The number of likely N-dealkylation sites (tertiary alicyclic amines) is 1. The molecule has 3 rings (SSSR count). The number of halogens is 3. The molecule has 0 bridgehead atoms. The van der Waals surface area contributed by atoms with Gasteiger partial charge in [-0.3, -0.25) is 4.90 Å². The van der Waals surface area contributed by atoms with Crippen molar-refractivity contribution in [3.63, 3.8) is 0 Å². The van der Waals surface area contributed by atoms with Gasteiger partial charge in [-0.05, 0) is 56.6 Å². The van der Waals surface area contributed by atoms with Crippen LogP contribution in [-0.4, -0.2) is 29.6 Å². The van der Waals surface area contributed by atoms with E-state index in [1.54, 1.807) is 6.07 Å². The maximum Gasteiger partial charge on any atom is 0.417 e. The zero-order valence-electron chi connectivity index (χ0n) is 14.6. The molecule has 0 radical (unpaired) electrons. The van der Waals surface area contributed by atoms with Gasteiger partial charge in [0.15, 0.2) is 11.5 Å². The Morgan fingerprint density at radius 3 is 2.46 bits per heavy atom. The Morgan fingerprint density at radius 1 is 1.08 bits per heavy atom.